The van der Waals surface area contributed by atoms with Gasteiger partial charge in [-0.1, -0.05) is 73.4 Å². The predicted octanol–water partition coefficient (Wildman–Crippen LogP) is 5.97. The quantitative estimate of drug-likeness (QED) is 0.256. The van der Waals surface area contributed by atoms with Crippen LogP contribution in [-0.4, -0.2) is 32.6 Å². The molecule has 0 saturated heterocycles. The first-order chi connectivity index (χ1) is 19.1. The van der Waals surface area contributed by atoms with E-state index >= 15 is 0 Å². The lowest BCUT2D eigenvalue weighted by Gasteiger charge is -2.52. The molecule has 0 radical (unpaired) electrons. The van der Waals surface area contributed by atoms with Crippen molar-refractivity contribution in [2.24, 2.45) is 17.1 Å². The van der Waals surface area contributed by atoms with Crippen molar-refractivity contribution in [3.63, 3.8) is 0 Å². The van der Waals surface area contributed by atoms with E-state index in [1.54, 1.807) is 18.3 Å². The third-order valence-electron chi connectivity index (χ3n) is 8.03. The number of halogens is 2. The van der Waals surface area contributed by atoms with Gasteiger partial charge in [0.15, 0.2) is 0 Å². The first-order valence-corrected chi connectivity index (χ1v) is 14.0. The van der Waals surface area contributed by atoms with E-state index in [0.717, 1.165) is 34.8 Å². The Balaban J connectivity index is 1.35. The molecular formula is C31H31Cl2N5O2. The summed E-state index contributed by atoms with van der Waals surface area (Å²) in [6, 6.07) is 22.0. The second-order valence-electron chi connectivity index (χ2n) is 10.9. The Kier molecular flexibility index (Phi) is 7.97. The molecule has 1 aliphatic rings. The van der Waals surface area contributed by atoms with E-state index in [-0.39, 0.29) is 23.2 Å². The van der Waals surface area contributed by atoms with Gasteiger partial charge >= 0.3 is 0 Å². The van der Waals surface area contributed by atoms with Crippen LogP contribution in [0.15, 0.2) is 79.0 Å². The number of aromatic nitrogens is 3. The van der Waals surface area contributed by atoms with Crippen molar-refractivity contribution in [1.82, 2.24) is 20.1 Å². The Bertz CT molecular complexity index is 1520. The van der Waals surface area contributed by atoms with Crippen LogP contribution in [0.25, 0.3) is 17.1 Å². The molecule has 4 aromatic rings. The van der Waals surface area contributed by atoms with Crippen molar-refractivity contribution in [2.45, 2.75) is 45.1 Å². The summed E-state index contributed by atoms with van der Waals surface area (Å²) in [6.07, 6.45) is 3.19. The summed E-state index contributed by atoms with van der Waals surface area (Å²) in [4.78, 5) is 29.6. The van der Waals surface area contributed by atoms with Crippen LogP contribution in [0.4, 0.5) is 0 Å². The topological polar surface area (TPSA) is 103 Å². The Morgan fingerprint density at radius 3 is 2.42 bits per heavy atom. The first-order valence-electron chi connectivity index (χ1n) is 13.2. The molecule has 2 aromatic heterocycles. The van der Waals surface area contributed by atoms with Gasteiger partial charge in [0.1, 0.15) is 11.7 Å². The molecule has 1 aliphatic carbocycles. The van der Waals surface area contributed by atoms with E-state index in [1.165, 1.54) is 0 Å². The highest BCUT2D eigenvalue weighted by molar-refractivity contribution is 6.42. The fraction of sp³-hybridized carbons (Fsp3) is 0.290. The number of carbonyl (C=O) groups excluding carboxylic acids is 2. The lowest BCUT2D eigenvalue weighted by molar-refractivity contribution is -0.130. The van der Waals surface area contributed by atoms with Gasteiger partial charge in [-0.15, -0.1) is 0 Å². The number of hydrogen-bond acceptors (Lipinski definition) is 4. The number of amides is 2. The van der Waals surface area contributed by atoms with E-state index in [0.29, 0.717) is 22.9 Å². The lowest BCUT2D eigenvalue weighted by Crippen LogP contribution is -2.49. The molecule has 2 amide bonds. The maximum absolute atomic E-state index is 13.1. The fourth-order valence-corrected chi connectivity index (χ4v) is 5.81. The highest BCUT2D eigenvalue weighted by Crippen LogP contribution is 2.58. The summed E-state index contributed by atoms with van der Waals surface area (Å²) in [5.41, 5.74) is 9.68. The minimum atomic E-state index is -0.758. The third kappa shape index (κ3) is 5.76. The zero-order chi connectivity index (χ0) is 28.4. The minimum absolute atomic E-state index is 0.109. The van der Waals surface area contributed by atoms with Crippen molar-refractivity contribution in [1.29, 1.82) is 0 Å². The van der Waals surface area contributed by atoms with Crippen LogP contribution in [0.1, 0.15) is 43.9 Å². The van der Waals surface area contributed by atoms with Gasteiger partial charge in [-0.3, -0.25) is 14.6 Å². The number of benzene rings is 2. The number of hydrogen-bond donors (Lipinski definition) is 2. The van der Waals surface area contributed by atoms with Crippen molar-refractivity contribution >= 4 is 35.0 Å². The molecule has 5 rings (SSSR count). The van der Waals surface area contributed by atoms with Crippen LogP contribution >= 0.6 is 23.2 Å². The minimum Gasteiger partial charge on any atom is -0.368 e. The van der Waals surface area contributed by atoms with Crippen LogP contribution < -0.4 is 11.1 Å². The Morgan fingerprint density at radius 2 is 1.77 bits per heavy atom. The molecule has 3 atom stereocenters. The van der Waals surface area contributed by atoms with Gasteiger partial charge in [-0.2, -0.15) is 5.10 Å². The van der Waals surface area contributed by atoms with Gasteiger partial charge < -0.3 is 11.1 Å². The lowest BCUT2D eigenvalue weighted by atomic mass is 9.52. The normalized spacial score (nSPS) is 18.5. The Morgan fingerprint density at radius 1 is 1.02 bits per heavy atom. The van der Waals surface area contributed by atoms with Crippen LogP contribution in [-0.2, 0) is 16.0 Å². The number of nitrogens with two attached hydrogens (primary N) is 1. The van der Waals surface area contributed by atoms with Crippen molar-refractivity contribution in [3.8, 4) is 17.1 Å². The zero-order valence-electron chi connectivity index (χ0n) is 22.4. The van der Waals surface area contributed by atoms with Gasteiger partial charge in [0.2, 0.25) is 11.8 Å². The molecule has 1 fully saturated rings. The second-order valence-corrected chi connectivity index (χ2v) is 11.7. The molecule has 9 heteroatoms. The summed E-state index contributed by atoms with van der Waals surface area (Å²) in [5, 5.41) is 8.68. The molecule has 1 saturated carbocycles. The predicted molar refractivity (Wildman–Crippen MR) is 157 cm³/mol. The maximum Gasteiger partial charge on any atom is 0.240 e. The van der Waals surface area contributed by atoms with E-state index in [4.69, 9.17) is 34.0 Å². The third-order valence-corrected chi connectivity index (χ3v) is 8.77. The SMILES string of the molecule is CC1(C)[C@@H](CC(=O)N[C@@H](Cc2ccccc2)C(N)=O)C[C@@H]1c1cc(-c2ccccn2)nn1-c1ccc(Cl)c(Cl)c1. The Hall–Kier alpha value is -3.68. The van der Waals surface area contributed by atoms with Crippen molar-refractivity contribution in [2.75, 3.05) is 0 Å². The Labute approximate surface area is 243 Å². The van der Waals surface area contributed by atoms with Gasteiger partial charge in [0.25, 0.3) is 0 Å². The largest absolute Gasteiger partial charge is 0.368 e. The number of carbonyl (C=O) groups is 2. The fourth-order valence-electron chi connectivity index (χ4n) is 5.52. The smallest absolute Gasteiger partial charge is 0.240 e. The summed E-state index contributed by atoms with van der Waals surface area (Å²) in [6.45, 7) is 4.34. The number of rotatable bonds is 9. The van der Waals surface area contributed by atoms with E-state index in [2.05, 4.69) is 30.2 Å². The van der Waals surface area contributed by atoms with Gasteiger partial charge in [-0.25, -0.2) is 4.68 Å². The number of nitrogens with zero attached hydrogens (tertiary/aromatic N) is 3. The molecule has 0 unspecified atom stereocenters. The molecule has 0 bridgehead atoms. The van der Waals surface area contributed by atoms with E-state index in [1.807, 2.05) is 59.3 Å². The monoisotopic (exact) mass is 575 g/mol. The second kappa shape index (κ2) is 11.4. The molecule has 0 aliphatic heterocycles. The molecule has 0 spiro atoms. The average molecular weight is 577 g/mol. The first kappa shape index (κ1) is 27.9. The highest BCUT2D eigenvalue weighted by Gasteiger charge is 2.50. The van der Waals surface area contributed by atoms with Gasteiger partial charge in [0.05, 0.1) is 21.4 Å². The molecule has 206 valence electrons. The van der Waals surface area contributed by atoms with E-state index in [9.17, 15) is 9.59 Å². The summed E-state index contributed by atoms with van der Waals surface area (Å²) < 4.78 is 1.90. The van der Waals surface area contributed by atoms with Crippen LogP contribution in [0, 0.1) is 11.3 Å². The van der Waals surface area contributed by atoms with Gasteiger partial charge in [-0.05, 0) is 59.7 Å². The molecule has 2 heterocycles. The number of primary amides is 1. The van der Waals surface area contributed by atoms with Crippen molar-refractivity contribution < 1.29 is 9.59 Å². The molecule has 7 nitrogen and oxygen atoms in total. The van der Waals surface area contributed by atoms with Gasteiger partial charge in [0, 0.05) is 30.7 Å². The molecule has 2 aromatic carbocycles. The molecular weight excluding hydrogens is 545 g/mol. The standard InChI is InChI=1S/C31H31Cl2N5O2/c1-31(2)20(16-29(39)36-27(30(34)40)14-19-8-4-3-5-9-19)15-22(31)28-18-26(25-10-6-7-13-35-25)37-38(28)21-11-12-23(32)24(33)17-21/h3-13,17-18,20,22,27H,14-16H2,1-2H3,(H2,34,40)(H,36,39)/t20-,22-,27+/m1/s1. The van der Waals surface area contributed by atoms with E-state index < -0.39 is 11.9 Å². The van der Waals surface area contributed by atoms with Crippen LogP contribution in [0.2, 0.25) is 10.0 Å². The summed E-state index contributed by atoms with van der Waals surface area (Å²) in [7, 11) is 0. The summed E-state index contributed by atoms with van der Waals surface area (Å²) >= 11 is 12.5. The maximum atomic E-state index is 13.1. The van der Waals surface area contributed by atoms with Crippen LogP contribution in [0.3, 0.4) is 0 Å². The zero-order valence-corrected chi connectivity index (χ0v) is 23.9. The molecule has 40 heavy (non-hydrogen) atoms. The number of nitrogens with one attached hydrogen (secondary N) is 1. The molecule has 3 N–H and O–H groups in total. The average Bonchev–Trinajstić information content (AvgIpc) is 3.37. The number of pyridine rings is 1. The van der Waals surface area contributed by atoms with Crippen LogP contribution in [0.5, 0.6) is 0 Å². The van der Waals surface area contributed by atoms with Crippen molar-refractivity contribution in [3.05, 3.63) is 100 Å². The highest BCUT2D eigenvalue weighted by atomic mass is 35.5. The summed E-state index contributed by atoms with van der Waals surface area (Å²) in [5.74, 6) is -0.488.